The number of phosphoric acid groups is 2. The molecule has 0 heterocycles. The molecule has 2 unspecified atom stereocenters. The second kappa shape index (κ2) is 63.8. The van der Waals surface area contributed by atoms with Gasteiger partial charge in [-0.2, -0.15) is 0 Å². The molecule has 0 amide bonds. The van der Waals surface area contributed by atoms with Gasteiger partial charge in [0.2, 0.25) is 0 Å². The number of rotatable bonds is 71. The minimum atomic E-state index is -4.96. The third-order valence-corrected chi connectivity index (χ3v) is 18.8. The maximum absolute atomic E-state index is 13.1. The van der Waals surface area contributed by atoms with Gasteiger partial charge in [-0.15, -0.1) is 0 Å². The molecular formula is C73H142O17P2. The molecule has 17 nitrogen and oxygen atoms in total. The largest absolute Gasteiger partial charge is 0.472 e. The molecule has 0 bridgehead atoms. The lowest BCUT2D eigenvalue weighted by Crippen LogP contribution is -2.30. The van der Waals surface area contributed by atoms with E-state index in [2.05, 4.69) is 48.5 Å². The number of ether oxygens (including phenoxy) is 4. The third-order valence-electron chi connectivity index (χ3n) is 16.9. The van der Waals surface area contributed by atoms with Gasteiger partial charge in [-0.05, 0) is 43.4 Å². The summed E-state index contributed by atoms with van der Waals surface area (Å²) in [5, 5.41) is 10.6. The van der Waals surface area contributed by atoms with E-state index in [0.717, 1.165) is 108 Å². The molecule has 92 heavy (non-hydrogen) atoms. The average Bonchev–Trinajstić information content (AvgIpc) is 2.38. The first kappa shape index (κ1) is 90.1. The summed E-state index contributed by atoms with van der Waals surface area (Å²) in [5.41, 5.74) is 0. The van der Waals surface area contributed by atoms with Crippen molar-refractivity contribution in [2.45, 2.75) is 388 Å². The third kappa shape index (κ3) is 66.7. The van der Waals surface area contributed by atoms with E-state index in [0.29, 0.717) is 25.7 Å². The fourth-order valence-electron chi connectivity index (χ4n) is 11.1. The molecule has 19 heteroatoms. The minimum absolute atomic E-state index is 0.104. The van der Waals surface area contributed by atoms with Gasteiger partial charge in [-0.1, -0.05) is 318 Å². The van der Waals surface area contributed by atoms with Crippen molar-refractivity contribution in [1.82, 2.24) is 0 Å². The number of aliphatic hydroxyl groups excluding tert-OH is 1. The van der Waals surface area contributed by atoms with E-state index in [9.17, 15) is 43.2 Å². The number of hydrogen-bond acceptors (Lipinski definition) is 15. The van der Waals surface area contributed by atoms with Gasteiger partial charge in [0.15, 0.2) is 12.2 Å². The Bertz CT molecular complexity index is 1800. The molecule has 0 radical (unpaired) electrons. The Morgan fingerprint density at radius 2 is 0.500 bits per heavy atom. The van der Waals surface area contributed by atoms with Crippen LogP contribution in [0.3, 0.4) is 0 Å². The summed E-state index contributed by atoms with van der Waals surface area (Å²) in [6.07, 6.45) is 48.5. The summed E-state index contributed by atoms with van der Waals surface area (Å²) >= 11 is 0. The number of aliphatic hydroxyl groups is 1. The van der Waals surface area contributed by atoms with Crippen LogP contribution in [0.15, 0.2) is 0 Å². The van der Waals surface area contributed by atoms with Crippen molar-refractivity contribution >= 4 is 39.5 Å². The van der Waals surface area contributed by atoms with E-state index >= 15 is 0 Å². The second-order valence-corrected chi connectivity index (χ2v) is 30.7. The van der Waals surface area contributed by atoms with E-state index in [1.54, 1.807) is 0 Å². The Balaban J connectivity index is 5.25. The normalized spacial score (nSPS) is 14.1. The van der Waals surface area contributed by atoms with E-state index in [1.165, 1.54) is 180 Å². The first-order valence-corrected chi connectivity index (χ1v) is 40.8. The number of phosphoric ester groups is 2. The van der Waals surface area contributed by atoms with Gasteiger partial charge < -0.3 is 33.8 Å². The van der Waals surface area contributed by atoms with Crippen LogP contribution in [0.1, 0.15) is 370 Å². The van der Waals surface area contributed by atoms with Gasteiger partial charge >= 0.3 is 39.5 Å². The summed E-state index contributed by atoms with van der Waals surface area (Å²) in [4.78, 5) is 72.7. The van der Waals surface area contributed by atoms with E-state index in [-0.39, 0.29) is 25.7 Å². The highest BCUT2D eigenvalue weighted by molar-refractivity contribution is 7.47. The van der Waals surface area contributed by atoms with Gasteiger partial charge in [0.05, 0.1) is 26.4 Å². The second-order valence-electron chi connectivity index (χ2n) is 27.8. The Morgan fingerprint density at radius 1 is 0.293 bits per heavy atom. The SMILES string of the molecule is CCCCCCCCCCCCC(=O)OC[C@H](COP(=O)(O)OC[C@H](O)COP(=O)(O)OC[C@@H](COC(=O)CCCCCCCCCCCCCCC(C)C)OC(=O)CCCCCCCCCCCCCCCC(C)C)OC(=O)CCCCCCCCCCC(C)C. The lowest BCUT2D eigenvalue weighted by Gasteiger charge is -2.21. The van der Waals surface area contributed by atoms with Crippen LogP contribution in [0.2, 0.25) is 0 Å². The number of unbranched alkanes of at least 4 members (excludes halogenated alkanes) is 39. The first-order chi connectivity index (χ1) is 44.2. The fourth-order valence-corrected chi connectivity index (χ4v) is 12.7. The van der Waals surface area contributed by atoms with Gasteiger partial charge in [-0.3, -0.25) is 37.3 Å². The maximum Gasteiger partial charge on any atom is 0.472 e. The lowest BCUT2D eigenvalue weighted by atomic mass is 10.0. The molecule has 0 spiro atoms. The molecule has 0 rings (SSSR count). The van der Waals surface area contributed by atoms with E-state index in [1.807, 2.05) is 0 Å². The zero-order chi connectivity index (χ0) is 68.0. The molecule has 0 aromatic heterocycles. The molecule has 0 fully saturated rings. The van der Waals surface area contributed by atoms with Crippen molar-refractivity contribution in [1.29, 1.82) is 0 Å². The van der Waals surface area contributed by atoms with Crippen molar-refractivity contribution in [2.75, 3.05) is 39.6 Å². The number of hydrogen-bond donors (Lipinski definition) is 3. The zero-order valence-corrected chi connectivity index (χ0v) is 61.8. The lowest BCUT2D eigenvalue weighted by molar-refractivity contribution is -0.161. The van der Waals surface area contributed by atoms with Gasteiger partial charge in [0, 0.05) is 25.7 Å². The molecule has 546 valence electrons. The van der Waals surface area contributed by atoms with Crippen LogP contribution in [0.25, 0.3) is 0 Å². The van der Waals surface area contributed by atoms with Gasteiger partial charge in [0.1, 0.15) is 19.3 Å². The van der Waals surface area contributed by atoms with Crippen molar-refractivity contribution in [3.05, 3.63) is 0 Å². The molecule has 0 aliphatic carbocycles. The first-order valence-electron chi connectivity index (χ1n) is 37.8. The zero-order valence-electron chi connectivity index (χ0n) is 60.0. The van der Waals surface area contributed by atoms with Crippen LogP contribution < -0.4 is 0 Å². The molecule has 0 saturated carbocycles. The summed E-state index contributed by atoms with van der Waals surface area (Å²) in [5.74, 6) is 0.164. The molecule has 0 saturated heterocycles. The van der Waals surface area contributed by atoms with Crippen molar-refractivity contribution < 1.29 is 80.2 Å². The number of esters is 4. The van der Waals surface area contributed by atoms with Crippen molar-refractivity contribution in [3.8, 4) is 0 Å². The molecule has 0 aliphatic rings. The molecule has 0 aromatic carbocycles. The maximum atomic E-state index is 13.1. The van der Waals surface area contributed by atoms with Crippen LogP contribution in [0, 0.1) is 17.8 Å². The number of carbonyl (C=O) groups excluding carboxylic acids is 4. The van der Waals surface area contributed by atoms with Crippen LogP contribution >= 0.6 is 15.6 Å². The predicted octanol–water partition coefficient (Wildman–Crippen LogP) is 21.0. The van der Waals surface area contributed by atoms with Gasteiger partial charge in [0.25, 0.3) is 0 Å². The monoisotopic (exact) mass is 1350 g/mol. The number of carbonyl (C=O) groups is 4. The topological polar surface area (TPSA) is 237 Å². The molecule has 0 aliphatic heterocycles. The molecule has 5 atom stereocenters. The summed E-state index contributed by atoms with van der Waals surface area (Å²) < 4.78 is 68.4. The van der Waals surface area contributed by atoms with Crippen LogP contribution in [-0.2, 0) is 65.4 Å². The highest BCUT2D eigenvalue weighted by atomic mass is 31.2. The summed E-state index contributed by atoms with van der Waals surface area (Å²) in [7, 11) is -9.91. The highest BCUT2D eigenvalue weighted by Gasteiger charge is 2.30. The van der Waals surface area contributed by atoms with Crippen LogP contribution in [0.4, 0.5) is 0 Å². The smallest absolute Gasteiger partial charge is 0.462 e. The quantitative estimate of drug-likeness (QED) is 0.0222. The van der Waals surface area contributed by atoms with Crippen molar-refractivity contribution in [2.24, 2.45) is 17.8 Å². The Labute approximate surface area is 562 Å². The summed E-state index contributed by atoms with van der Waals surface area (Å²) in [6, 6.07) is 0. The van der Waals surface area contributed by atoms with E-state index in [4.69, 9.17) is 37.0 Å². The van der Waals surface area contributed by atoms with Gasteiger partial charge in [-0.25, -0.2) is 9.13 Å². The van der Waals surface area contributed by atoms with E-state index < -0.39 is 97.5 Å². The highest BCUT2D eigenvalue weighted by Crippen LogP contribution is 2.45. The molecular weight excluding hydrogens is 1210 g/mol. The average molecular weight is 1350 g/mol. The van der Waals surface area contributed by atoms with Crippen molar-refractivity contribution in [3.63, 3.8) is 0 Å². The Hall–Kier alpha value is -1.94. The Kier molecular flexibility index (Phi) is 62.4. The standard InChI is InChI=1S/C73H142O17P2/c1-8-9-10-11-12-13-25-33-40-47-54-70(75)83-61-69(90-73(78)57-50-43-36-29-28-32-39-46-53-66(6)7)63-88-92(81,82)86-59-67(74)58-85-91(79,80)87-62-68(60-84-71(76)55-48-41-34-26-21-18-17-20-24-31-38-45-52-65(4)5)89-72(77)56-49-42-35-27-22-16-14-15-19-23-30-37-44-51-64(2)3/h64-69,74H,8-63H2,1-7H3,(H,79,80)(H,81,82)/t67-,68-,69-/m1/s1. The fraction of sp³-hybridized carbons (Fsp3) is 0.945. The molecule has 3 N–H and O–H groups in total. The summed E-state index contributed by atoms with van der Waals surface area (Å²) in [6.45, 7) is 11.9. The van der Waals surface area contributed by atoms with Crippen LogP contribution in [-0.4, -0.2) is 96.7 Å². The Morgan fingerprint density at radius 3 is 0.739 bits per heavy atom. The molecule has 0 aromatic rings. The predicted molar refractivity (Wildman–Crippen MR) is 372 cm³/mol. The minimum Gasteiger partial charge on any atom is -0.462 e. The van der Waals surface area contributed by atoms with Crippen LogP contribution in [0.5, 0.6) is 0 Å².